The molecule has 0 spiro atoms. The van der Waals surface area contributed by atoms with Crippen LogP contribution in [-0.4, -0.2) is 11.0 Å². The Kier molecular flexibility index (Phi) is 6.01. The molecule has 2 heteroatoms. The standard InChI is InChI=1S/C15H23ClO/c1-3-7-13(2)12-15(17,10-11-16)14-8-5-4-6-9-14/h4-6,8-9,13,17H,3,7,10-12H2,1-2H3. The second-order valence-corrected chi connectivity index (χ2v) is 5.31. The number of hydrogen-bond donors (Lipinski definition) is 1. The molecule has 0 heterocycles. The Bertz CT molecular complexity index is 312. The highest BCUT2D eigenvalue weighted by molar-refractivity contribution is 6.17. The molecular weight excluding hydrogens is 232 g/mol. The van der Waals surface area contributed by atoms with Crippen molar-refractivity contribution in [3.05, 3.63) is 35.9 Å². The molecule has 1 rings (SSSR count). The van der Waals surface area contributed by atoms with Crippen molar-refractivity contribution >= 4 is 11.6 Å². The van der Waals surface area contributed by atoms with Crippen molar-refractivity contribution in [3.8, 4) is 0 Å². The van der Waals surface area contributed by atoms with Crippen molar-refractivity contribution in [1.29, 1.82) is 0 Å². The fraction of sp³-hybridized carbons (Fsp3) is 0.600. The predicted octanol–water partition coefficient (Wildman–Crippen LogP) is 4.33. The second-order valence-electron chi connectivity index (χ2n) is 4.93. The summed E-state index contributed by atoms with van der Waals surface area (Å²) in [6.07, 6.45) is 3.72. The highest BCUT2D eigenvalue weighted by Crippen LogP contribution is 2.33. The average Bonchev–Trinajstić information content (AvgIpc) is 2.30. The molecule has 2 atom stereocenters. The minimum absolute atomic E-state index is 0.490. The van der Waals surface area contributed by atoms with E-state index in [1.54, 1.807) is 0 Å². The molecule has 1 N–H and O–H groups in total. The van der Waals surface area contributed by atoms with E-state index in [2.05, 4.69) is 13.8 Å². The van der Waals surface area contributed by atoms with E-state index in [1.165, 1.54) is 0 Å². The molecule has 2 unspecified atom stereocenters. The first-order valence-electron chi connectivity index (χ1n) is 6.46. The molecule has 1 aromatic carbocycles. The van der Waals surface area contributed by atoms with Crippen LogP contribution in [0.4, 0.5) is 0 Å². The molecule has 0 aliphatic heterocycles. The second kappa shape index (κ2) is 7.03. The zero-order valence-corrected chi connectivity index (χ0v) is 11.6. The Morgan fingerprint density at radius 3 is 2.47 bits per heavy atom. The Hall–Kier alpha value is -0.530. The van der Waals surface area contributed by atoms with Crippen LogP contribution >= 0.6 is 11.6 Å². The first-order chi connectivity index (χ1) is 8.12. The van der Waals surface area contributed by atoms with Gasteiger partial charge in [-0.05, 0) is 24.3 Å². The molecule has 0 saturated carbocycles. The molecule has 0 bridgehead atoms. The third-order valence-electron chi connectivity index (χ3n) is 3.29. The normalized spacial score (nSPS) is 16.5. The minimum atomic E-state index is -0.766. The number of aliphatic hydroxyl groups is 1. The summed E-state index contributed by atoms with van der Waals surface area (Å²) < 4.78 is 0. The van der Waals surface area contributed by atoms with Crippen LogP contribution in [0.1, 0.15) is 45.1 Å². The maximum absolute atomic E-state index is 10.8. The largest absolute Gasteiger partial charge is 0.385 e. The van der Waals surface area contributed by atoms with Crippen molar-refractivity contribution in [3.63, 3.8) is 0 Å². The van der Waals surface area contributed by atoms with E-state index in [0.717, 1.165) is 24.8 Å². The lowest BCUT2D eigenvalue weighted by molar-refractivity contribution is 0.00888. The van der Waals surface area contributed by atoms with Crippen LogP contribution in [-0.2, 0) is 5.60 Å². The molecule has 1 nitrogen and oxygen atoms in total. The van der Waals surface area contributed by atoms with Crippen LogP contribution in [0.3, 0.4) is 0 Å². The van der Waals surface area contributed by atoms with E-state index in [-0.39, 0.29) is 0 Å². The van der Waals surface area contributed by atoms with E-state index >= 15 is 0 Å². The van der Waals surface area contributed by atoms with Crippen LogP contribution in [0, 0.1) is 5.92 Å². The zero-order chi connectivity index (χ0) is 12.7. The summed E-state index contributed by atoms with van der Waals surface area (Å²) >= 11 is 5.84. The summed E-state index contributed by atoms with van der Waals surface area (Å²) in [4.78, 5) is 0. The van der Waals surface area contributed by atoms with Crippen molar-refractivity contribution in [2.75, 3.05) is 5.88 Å². The molecule has 0 radical (unpaired) electrons. The van der Waals surface area contributed by atoms with Crippen molar-refractivity contribution in [2.24, 2.45) is 5.92 Å². The molecular formula is C15H23ClO. The van der Waals surface area contributed by atoms with E-state index in [4.69, 9.17) is 11.6 Å². The van der Waals surface area contributed by atoms with E-state index in [1.807, 2.05) is 30.3 Å². The molecule has 96 valence electrons. The quantitative estimate of drug-likeness (QED) is 0.718. The third kappa shape index (κ3) is 4.33. The summed E-state index contributed by atoms with van der Waals surface area (Å²) in [5.41, 5.74) is 0.223. The van der Waals surface area contributed by atoms with Crippen LogP contribution in [0.2, 0.25) is 0 Å². The fourth-order valence-corrected chi connectivity index (χ4v) is 2.75. The van der Waals surface area contributed by atoms with Gasteiger partial charge in [-0.3, -0.25) is 0 Å². The molecule has 0 amide bonds. The SMILES string of the molecule is CCCC(C)CC(O)(CCCl)c1ccccc1. The van der Waals surface area contributed by atoms with Gasteiger partial charge in [0.05, 0.1) is 5.60 Å². The van der Waals surface area contributed by atoms with E-state index in [0.29, 0.717) is 18.2 Å². The van der Waals surface area contributed by atoms with Gasteiger partial charge in [-0.2, -0.15) is 0 Å². The Morgan fingerprint density at radius 1 is 1.29 bits per heavy atom. The molecule has 0 aromatic heterocycles. The van der Waals surface area contributed by atoms with Gasteiger partial charge < -0.3 is 5.11 Å². The first kappa shape index (κ1) is 14.5. The lowest BCUT2D eigenvalue weighted by Crippen LogP contribution is -2.28. The number of alkyl halides is 1. The van der Waals surface area contributed by atoms with Gasteiger partial charge in [-0.25, -0.2) is 0 Å². The molecule has 17 heavy (non-hydrogen) atoms. The average molecular weight is 255 g/mol. The Labute approximate surface area is 110 Å². The number of hydrogen-bond acceptors (Lipinski definition) is 1. The molecule has 0 saturated heterocycles. The fourth-order valence-electron chi connectivity index (χ4n) is 2.44. The van der Waals surface area contributed by atoms with Crippen LogP contribution in [0.25, 0.3) is 0 Å². The Morgan fingerprint density at radius 2 is 1.94 bits per heavy atom. The topological polar surface area (TPSA) is 20.2 Å². The van der Waals surface area contributed by atoms with E-state index < -0.39 is 5.60 Å². The molecule has 0 fully saturated rings. The van der Waals surface area contributed by atoms with Gasteiger partial charge in [0, 0.05) is 5.88 Å². The van der Waals surface area contributed by atoms with Gasteiger partial charge in [0.1, 0.15) is 0 Å². The highest BCUT2D eigenvalue weighted by atomic mass is 35.5. The lowest BCUT2D eigenvalue weighted by Gasteiger charge is -2.31. The van der Waals surface area contributed by atoms with Gasteiger partial charge in [-0.15, -0.1) is 11.6 Å². The van der Waals surface area contributed by atoms with Gasteiger partial charge in [0.25, 0.3) is 0 Å². The smallest absolute Gasteiger partial charge is 0.0910 e. The summed E-state index contributed by atoms with van der Waals surface area (Å²) in [7, 11) is 0. The molecule has 1 aromatic rings. The van der Waals surface area contributed by atoms with E-state index in [9.17, 15) is 5.11 Å². The highest BCUT2D eigenvalue weighted by Gasteiger charge is 2.30. The minimum Gasteiger partial charge on any atom is -0.385 e. The third-order valence-corrected chi connectivity index (χ3v) is 3.48. The van der Waals surface area contributed by atoms with Gasteiger partial charge in [0.2, 0.25) is 0 Å². The summed E-state index contributed by atoms with van der Waals surface area (Å²) in [5.74, 6) is 1.01. The maximum atomic E-state index is 10.8. The van der Waals surface area contributed by atoms with Crippen LogP contribution in [0.5, 0.6) is 0 Å². The Balaban J connectivity index is 2.82. The van der Waals surface area contributed by atoms with Crippen molar-refractivity contribution < 1.29 is 5.11 Å². The van der Waals surface area contributed by atoms with Gasteiger partial charge >= 0.3 is 0 Å². The maximum Gasteiger partial charge on any atom is 0.0910 e. The van der Waals surface area contributed by atoms with Crippen LogP contribution < -0.4 is 0 Å². The van der Waals surface area contributed by atoms with Crippen molar-refractivity contribution in [2.45, 2.75) is 45.1 Å². The summed E-state index contributed by atoms with van der Waals surface area (Å²) in [6.45, 7) is 4.38. The van der Waals surface area contributed by atoms with Gasteiger partial charge in [0.15, 0.2) is 0 Å². The zero-order valence-electron chi connectivity index (χ0n) is 10.8. The monoisotopic (exact) mass is 254 g/mol. The lowest BCUT2D eigenvalue weighted by atomic mass is 9.82. The van der Waals surface area contributed by atoms with Crippen LogP contribution in [0.15, 0.2) is 30.3 Å². The van der Waals surface area contributed by atoms with Gasteiger partial charge in [-0.1, -0.05) is 57.0 Å². The number of rotatable bonds is 7. The summed E-state index contributed by atoms with van der Waals surface area (Å²) in [5, 5.41) is 10.8. The first-order valence-corrected chi connectivity index (χ1v) is 6.99. The predicted molar refractivity (Wildman–Crippen MR) is 74.4 cm³/mol. The van der Waals surface area contributed by atoms with Crippen molar-refractivity contribution in [1.82, 2.24) is 0 Å². The molecule has 0 aliphatic rings. The molecule has 0 aliphatic carbocycles. The number of halogens is 1. The summed E-state index contributed by atoms with van der Waals surface area (Å²) in [6, 6.07) is 9.90. The number of benzene rings is 1.